The lowest BCUT2D eigenvalue weighted by atomic mass is 9.80. The van der Waals surface area contributed by atoms with Crippen LogP contribution in [0.2, 0.25) is 0 Å². The van der Waals surface area contributed by atoms with E-state index in [9.17, 15) is 15.0 Å². The fourth-order valence-corrected chi connectivity index (χ4v) is 1.36. The molecule has 94 valence electrons. The summed E-state index contributed by atoms with van der Waals surface area (Å²) >= 11 is 0. The molecular weight excluding hydrogens is 208 g/mol. The van der Waals surface area contributed by atoms with E-state index in [1.54, 1.807) is 13.8 Å². The maximum absolute atomic E-state index is 11.2. The average molecular weight is 230 g/mol. The number of aliphatic hydroxyl groups excluding tert-OH is 2. The molecule has 0 aromatic carbocycles. The van der Waals surface area contributed by atoms with Crippen molar-refractivity contribution in [2.24, 2.45) is 11.3 Å². The minimum atomic E-state index is -1.35. The standard InChI is InChI=1S/C12H22O4/c1-7(2)9(13)12(5,6)11(15)16-10(14)8(3)4/h7,9,11,13,15H,3H2,1-2,4-6H3. The molecule has 16 heavy (non-hydrogen) atoms. The first-order valence-electron chi connectivity index (χ1n) is 5.33. The van der Waals surface area contributed by atoms with Crippen molar-refractivity contribution >= 4 is 5.97 Å². The minimum Gasteiger partial charge on any atom is -0.432 e. The summed E-state index contributed by atoms with van der Waals surface area (Å²) in [5, 5.41) is 19.7. The van der Waals surface area contributed by atoms with Gasteiger partial charge in [-0.15, -0.1) is 0 Å². The highest BCUT2D eigenvalue weighted by atomic mass is 16.6. The summed E-state index contributed by atoms with van der Waals surface area (Å²) in [6.45, 7) is 11.9. The zero-order valence-electron chi connectivity index (χ0n) is 10.7. The summed E-state index contributed by atoms with van der Waals surface area (Å²) in [7, 11) is 0. The molecule has 2 unspecified atom stereocenters. The van der Waals surface area contributed by atoms with E-state index >= 15 is 0 Å². The largest absolute Gasteiger partial charge is 0.432 e. The molecule has 0 aliphatic rings. The van der Waals surface area contributed by atoms with Gasteiger partial charge in [-0.25, -0.2) is 4.79 Å². The first kappa shape index (κ1) is 15.1. The van der Waals surface area contributed by atoms with Crippen LogP contribution in [0.4, 0.5) is 0 Å². The lowest BCUT2D eigenvalue weighted by Crippen LogP contribution is -2.45. The molecule has 0 spiro atoms. The van der Waals surface area contributed by atoms with Gasteiger partial charge in [0.05, 0.1) is 11.5 Å². The van der Waals surface area contributed by atoms with E-state index in [1.165, 1.54) is 6.92 Å². The highest BCUT2D eigenvalue weighted by Gasteiger charge is 2.39. The van der Waals surface area contributed by atoms with Crippen molar-refractivity contribution in [3.63, 3.8) is 0 Å². The van der Waals surface area contributed by atoms with Crippen LogP contribution in [0.25, 0.3) is 0 Å². The Bertz CT molecular complexity index is 268. The van der Waals surface area contributed by atoms with Crippen LogP contribution in [0, 0.1) is 11.3 Å². The van der Waals surface area contributed by atoms with Crippen molar-refractivity contribution in [1.82, 2.24) is 0 Å². The Labute approximate surface area is 96.9 Å². The van der Waals surface area contributed by atoms with Gasteiger partial charge < -0.3 is 14.9 Å². The predicted molar refractivity (Wildman–Crippen MR) is 61.5 cm³/mol. The molecule has 4 heteroatoms. The number of esters is 1. The van der Waals surface area contributed by atoms with Gasteiger partial charge in [0.15, 0.2) is 0 Å². The first-order valence-corrected chi connectivity index (χ1v) is 5.33. The Kier molecular flexibility index (Phi) is 5.16. The number of hydrogen-bond donors (Lipinski definition) is 2. The van der Waals surface area contributed by atoms with Crippen LogP contribution in [0.1, 0.15) is 34.6 Å². The molecule has 0 amide bonds. The lowest BCUT2D eigenvalue weighted by Gasteiger charge is -2.36. The summed E-state index contributed by atoms with van der Waals surface area (Å²) in [5.41, 5.74) is -0.701. The van der Waals surface area contributed by atoms with Crippen molar-refractivity contribution in [3.8, 4) is 0 Å². The molecular formula is C12H22O4. The van der Waals surface area contributed by atoms with Crippen molar-refractivity contribution in [3.05, 3.63) is 12.2 Å². The SMILES string of the molecule is C=C(C)C(=O)OC(O)C(C)(C)C(O)C(C)C. The summed E-state index contributed by atoms with van der Waals surface area (Å²) in [6.07, 6.45) is -2.12. The molecule has 0 saturated carbocycles. The Morgan fingerprint density at radius 3 is 2.06 bits per heavy atom. The van der Waals surface area contributed by atoms with Crippen molar-refractivity contribution in [1.29, 1.82) is 0 Å². The van der Waals surface area contributed by atoms with Gasteiger partial charge in [-0.05, 0) is 12.8 Å². The molecule has 0 fully saturated rings. The van der Waals surface area contributed by atoms with Crippen molar-refractivity contribution in [2.45, 2.75) is 47.0 Å². The van der Waals surface area contributed by atoms with Gasteiger partial charge in [-0.2, -0.15) is 0 Å². The number of rotatable bonds is 5. The van der Waals surface area contributed by atoms with E-state index < -0.39 is 23.8 Å². The highest BCUT2D eigenvalue weighted by molar-refractivity contribution is 5.87. The van der Waals surface area contributed by atoms with Gasteiger partial charge in [0.2, 0.25) is 6.29 Å². The number of hydrogen-bond acceptors (Lipinski definition) is 4. The Balaban J connectivity index is 4.64. The van der Waals surface area contributed by atoms with Crippen LogP contribution in [0.15, 0.2) is 12.2 Å². The summed E-state index contributed by atoms with van der Waals surface area (Å²) < 4.78 is 4.80. The number of ether oxygens (including phenoxy) is 1. The van der Waals surface area contributed by atoms with Crippen LogP contribution >= 0.6 is 0 Å². The fraction of sp³-hybridized carbons (Fsp3) is 0.750. The predicted octanol–water partition coefficient (Wildman–Crippen LogP) is 1.47. The second-order valence-corrected chi connectivity index (χ2v) is 5.05. The zero-order chi connectivity index (χ0) is 13.1. The zero-order valence-corrected chi connectivity index (χ0v) is 10.7. The maximum Gasteiger partial charge on any atom is 0.335 e. The van der Waals surface area contributed by atoms with Crippen molar-refractivity contribution < 1.29 is 19.7 Å². The van der Waals surface area contributed by atoms with Crippen LogP contribution < -0.4 is 0 Å². The second kappa shape index (κ2) is 5.46. The van der Waals surface area contributed by atoms with Gasteiger partial charge in [0, 0.05) is 5.57 Å². The number of carbonyl (C=O) groups excluding carboxylic acids is 1. The van der Waals surface area contributed by atoms with E-state index in [4.69, 9.17) is 4.74 Å². The molecule has 0 rings (SSSR count). The third kappa shape index (κ3) is 3.61. The lowest BCUT2D eigenvalue weighted by molar-refractivity contribution is -0.203. The van der Waals surface area contributed by atoms with E-state index in [2.05, 4.69) is 6.58 Å². The minimum absolute atomic E-state index is 0.0341. The van der Waals surface area contributed by atoms with E-state index in [0.717, 1.165) is 0 Å². The van der Waals surface area contributed by atoms with E-state index in [-0.39, 0.29) is 11.5 Å². The van der Waals surface area contributed by atoms with Gasteiger partial charge in [0.25, 0.3) is 0 Å². The molecule has 0 aliphatic carbocycles. The normalized spacial score (nSPS) is 15.8. The van der Waals surface area contributed by atoms with Crippen LogP contribution in [-0.2, 0) is 9.53 Å². The summed E-state index contributed by atoms with van der Waals surface area (Å²) in [4.78, 5) is 11.2. The summed E-state index contributed by atoms with van der Waals surface area (Å²) in [6, 6.07) is 0. The topological polar surface area (TPSA) is 66.8 Å². The van der Waals surface area contributed by atoms with Gasteiger partial charge in [-0.3, -0.25) is 0 Å². The Morgan fingerprint density at radius 1 is 1.31 bits per heavy atom. The third-order valence-electron chi connectivity index (χ3n) is 2.60. The molecule has 4 nitrogen and oxygen atoms in total. The molecule has 2 atom stereocenters. The second-order valence-electron chi connectivity index (χ2n) is 5.05. The molecule has 0 aromatic heterocycles. The molecule has 2 N–H and O–H groups in total. The number of aliphatic hydroxyl groups is 2. The van der Waals surface area contributed by atoms with Crippen LogP contribution in [0.5, 0.6) is 0 Å². The highest BCUT2D eigenvalue weighted by Crippen LogP contribution is 2.30. The molecule has 0 saturated heterocycles. The molecule has 0 bridgehead atoms. The Hall–Kier alpha value is -0.870. The molecule has 0 aromatic rings. The van der Waals surface area contributed by atoms with Gasteiger partial charge >= 0.3 is 5.97 Å². The van der Waals surface area contributed by atoms with E-state index in [1.807, 2.05) is 13.8 Å². The monoisotopic (exact) mass is 230 g/mol. The van der Waals surface area contributed by atoms with Crippen molar-refractivity contribution in [2.75, 3.05) is 0 Å². The average Bonchev–Trinajstić information content (AvgIpc) is 2.15. The number of carbonyl (C=O) groups is 1. The quantitative estimate of drug-likeness (QED) is 0.426. The molecule has 0 aliphatic heterocycles. The smallest absolute Gasteiger partial charge is 0.335 e. The van der Waals surface area contributed by atoms with Gasteiger partial charge in [-0.1, -0.05) is 34.3 Å². The molecule has 0 heterocycles. The summed E-state index contributed by atoms with van der Waals surface area (Å²) in [5.74, 6) is -0.690. The van der Waals surface area contributed by atoms with Crippen LogP contribution in [0.3, 0.4) is 0 Å². The molecule has 0 radical (unpaired) electrons. The first-order chi connectivity index (χ1) is 7.10. The maximum atomic E-state index is 11.2. The third-order valence-corrected chi connectivity index (χ3v) is 2.60. The van der Waals surface area contributed by atoms with Gasteiger partial charge in [0.1, 0.15) is 0 Å². The fourth-order valence-electron chi connectivity index (χ4n) is 1.36. The van der Waals surface area contributed by atoms with E-state index in [0.29, 0.717) is 0 Å². The Morgan fingerprint density at radius 2 is 1.75 bits per heavy atom. The van der Waals surface area contributed by atoms with Crippen LogP contribution in [-0.4, -0.2) is 28.6 Å².